The van der Waals surface area contributed by atoms with Crippen molar-refractivity contribution in [1.29, 1.82) is 0 Å². The lowest BCUT2D eigenvalue weighted by Gasteiger charge is -2.26. The zero-order valence-electron chi connectivity index (χ0n) is 21.3. The molecule has 18 heteroatoms. The molecule has 7 nitrogen and oxygen atoms in total. The molecule has 0 spiro atoms. The number of benzene rings is 2. The normalized spacial score (nSPS) is 14.8. The summed E-state index contributed by atoms with van der Waals surface area (Å²) in [4.78, 5) is 24.0. The third-order valence-corrected chi connectivity index (χ3v) is 8.53. The Morgan fingerprint density at radius 3 is 2.17 bits per heavy atom. The summed E-state index contributed by atoms with van der Waals surface area (Å²) < 4.78 is 149. The van der Waals surface area contributed by atoms with E-state index >= 15 is 4.39 Å². The Bertz CT molecular complexity index is 1520. The summed E-state index contributed by atoms with van der Waals surface area (Å²) in [6.45, 7) is 0.522. The summed E-state index contributed by atoms with van der Waals surface area (Å²) in [7, 11) is -5.14. The van der Waals surface area contributed by atoms with Crippen molar-refractivity contribution in [2.45, 2.75) is 38.4 Å². The number of hydrogen-bond donors (Lipinski definition) is 1. The van der Waals surface area contributed by atoms with E-state index in [1.54, 1.807) is 6.92 Å². The number of hydrogen-bond acceptors (Lipinski definition) is 7. The Morgan fingerprint density at radius 1 is 1.00 bits per heavy atom. The fraction of sp³-hybridized carbons (Fsp3) is 0.333. The van der Waals surface area contributed by atoms with E-state index < -0.39 is 89.5 Å². The van der Waals surface area contributed by atoms with E-state index in [1.165, 1.54) is 0 Å². The number of esters is 2. The van der Waals surface area contributed by atoms with Gasteiger partial charge in [0.2, 0.25) is 40.7 Å². The Hall–Kier alpha value is -3.14. The van der Waals surface area contributed by atoms with Crippen molar-refractivity contribution in [1.82, 2.24) is 5.09 Å². The molecule has 0 aliphatic rings. The smallest absolute Gasteiger partial charge is 0.412 e. The van der Waals surface area contributed by atoms with Crippen molar-refractivity contribution >= 4 is 40.9 Å². The van der Waals surface area contributed by atoms with Gasteiger partial charge in [0.1, 0.15) is 10.9 Å². The standard InChI is InChI=1S/C24H19F9NO6PS/c1-3-6-38-22(35)10(2)34-41(37,39-9-24(31,32)33)21(30)11-4-5-13-12(7-11)8-14(42-13)23(36)40-20-18(28)16(26)15(25)17(27)19(20)29/h4-5,7-8,10,21H,3,6,9H2,1-2H3,(H,34,37)/t10-,21-,41?/m0/s1. The summed E-state index contributed by atoms with van der Waals surface area (Å²) in [6.07, 6.45) is -4.63. The molecule has 1 heterocycles. The molecule has 0 aliphatic carbocycles. The number of carbonyl (C=O) groups is 2. The van der Waals surface area contributed by atoms with Crippen LogP contribution in [-0.2, 0) is 18.6 Å². The third-order valence-electron chi connectivity index (χ3n) is 5.27. The highest BCUT2D eigenvalue weighted by Crippen LogP contribution is 2.59. The van der Waals surface area contributed by atoms with Crippen LogP contribution in [0.1, 0.15) is 41.4 Å². The average molecular weight is 651 g/mol. The largest absolute Gasteiger partial charge is 0.465 e. The molecule has 2 aromatic carbocycles. The molecule has 3 aromatic rings. The Kier molecular flexibility index (Phi) is 10.3. The van der Waals surface area contributed by atoms with E-state index in [0.29, 0.717) is 17.8 Å². The number of fused-ring (bicyclic) bond motifs is 1. The van der Waals surface area contributed by atoms with Gasteiger partial charge in [0.05, 0.1) is 6.61 Å². The lowest BCUT2D eigenvalue weighted by molar-refractivity contribution is -0.154. The molecular formula is C24H19F9NO6PS. The van der Waals surface area contributed by atoms with Gasteiger partial charge < -0.3 is 14.0 Å². The van der Waals surface area contributed by atoms with Gasteiger partial charge in [-0.05, 0) is 42.5 Å². The van der Waals surface area contributed by atoms with Crippen LogP contribution >= 0.6 is 18.9 Å². The molecule has 1 N–H and O–H groups in total. The van der Waals surface area contributed by atoms with Gasteiger partial charge in [0, 0.05) is 4.70 Å². The van der Waals surface area contributed by atoms with Crippen LogP contribution < -0.4 is 9.82 Å². The molecule has 0 bridgehead atoms. The maximum atomic E-state index is 15.6. The van der Waals surface area contributed by atoms with Gasteiger partial charge in [-0.1, -0.05) is 13.0 Å². The predicted molar refractivity (Wildman–Crippen MR) is 130 cm³/mol. The first-order valence-electron chi connectivity index (χ1n) is 11.7. The predicted octanol–water partition coefficient (Wildman–Crippen LogP) is 7.49. The summed E-state index contributed by atoms with van der Waals surface area (Å²) >= 11 is 0.582. The van der Waals surface area contributed by atoms with Gasteiger partial charge in [-0.2, -0.15) is 22.0 Å². The SMILES string of the molecule is CCCOC(=O)[C@H](C)NP(=O)(OCC(F)(F)F)[C@H](F)c1ccc2sc(C(=O)Oc3c(F)c(F)c(F)c(F)c3F)cc2c1. The van der Waals surface area contributed by atoms with Crippen molar-refractivity contribution in [3.8, 4) is 5.75 Å². The fourth-order valence-electron chi connectivity index (χ4n) is 3.31. The Balaban J connectivity index is 1.91. The second-order valence-corrected chi connectivity index (χ2v) is 11.8. The van der Waals surface area contributed by atoms with Crippen LogP contribution in [0.4, 0.5) is 39.5 Å². The van der Waals surface area contributed by atoms with Crippen molar-refractivity contribution in [2.24, 2.45) is 0 Å². The van der Waals surface area contributed by atoms with Crippen LogP contribution in [0.3, 0.4) is 0 Å². The molecule has 0 saturated heterocycles. The van der Waals surface area contributed by atoms with Gasteiger partial charge in [-0.15, -0.1) is 11.3 Å². The highest BCUT2D eigenvalue weighted by Gasteiger charge is 2.43. The highest BCUT2D eigenvalue weighted by atomic mass is 32.1. The Labute approximate surface area is 235 Å². The van der Waals surface area contributed by atoms with Gasteiger partial charge in [0.15, 0.2) is 6.61 Å². The van der Waals surface area contributed by atoms with E-state index in [1.807, 2.05) is 5.09 Å². The molecule has 1 aromatic heterocycles. The third kappa shape index (κ3) is 7.43. The lowest BCUT2D eigenvalue weighted by atomic mass is 10.2. The molecule has 0 fully saturated rings. The molecule has 0 aliphatic heterocycles. The highest BCUT2D eigenvalue weighted by molar-refractivity contribution is 7.57. The number of alkyl halides is 4. The average Bonchev–Trinajstić information content (AvgIpc) is 3.37. The summed E-state index contributed by atoms with van der Waals surface area (Å²) in [5, 5.41) is 1.94. The molecule has 0 radical (unpaired) electrons. The topological polar surface area (TPSA) is 90.9 Å². The van der Waals surface area contributed by atoms with E-state index in [2.05, 4.69) is 9.26 Å². The van der Waals surface area contributed by atoms with Gasteiger partial charge >= 0.3 is 25.6 Å². The van der Waals surface area contributed by atoms with Crippen molar-refractivity contribution in [2.75, 3.05) is 13.2 Å². The number of halogens is 9. The minimum atomic E-state index is -5.14. The number of rotatable bonds is 11. The maximum Gasteiger partial charge on any atom is 0.412 e. The number of ether oxygens (including phenoxy) is 2. The van der Waals surface area contributed by atoms with Crippen LogP contribution in [0.15, 0.2) is 24.3 Å². The quantitative estimate of drug-likeness (QED) is 0.0574. The van der Waals surface area contributed by atoms with Gasteiger partial charge in [-0.25, -0.2) is 27.4 Å². The summed E-state index contributed by atoms with van der Waals surface area (Å²) in [5.41, 5.74) is -0.521. The van der Waals surface area contributed by atoms with Gasteiger partial charge in [0.25, 0.3) is 0 Å². The van der Waals surface area contributed by atoms with Crippen LogP contribution in [0, 0.1) is 29.1 Å². The minimum absolute atomic E-state index is 0.0118. The molecule has 0 saturated carbocycles. The van der Waals surface area contributed by atoms with E-state index in [9.17, 15) is 49.3 Å². The van der Waals surface area contributed by atoms with E-state index in [0.717, 1.165) is 31.2 Å². The lowest BCUT2D eigenvalue weighted by Crippen LogP contribution is -2.35. The first-order chi connectivity index (χ1) is 19.5. The van der Waals surface area contributed by atoms with Crippen LogP contribution in [0.5, 0.6) is 5.75 Å². The molecule has 0 amide bonds. The first kappa shape index (κ1) is 33.4. The first-order valence-corrected chi connectivity index (χ1v) is 14.2. The minimum Gasteiger partial charge on any atom is -0.465 e. The zero-order chi connectivity index (χ0) is 31.6. The number of carbonyl (C=O) groups excluding carboxylic acids is 2. The zero-order valence-corrected chi connectivity index (χ0v) is 23.0. The van der Waals surface area contributed by atoms with Crippen LogP contribution in [-0.4, -0.2) is 37.4 Å². The van der Waals surface area contributed by atoms with E-state index in [-0.39, 0.29) is 16.7 Å². The summed E-state index contributed by atoms with van der Waals surface area (Å²) in [6, 6.07) is 2.49. The van der Waals surface area contributed by atoms with Gasteiger partial charge in [-0.3, -0.25) is 9.36 Å². The second-order valence-electron chi connectivity index (χ2n) is 8.54. The Morgan fingerprint density at radius 2 is 1.60 bits per heavy atom. The number of nitrogens with one attached hydrogen (secondary N) is 1. The van der Waals surface area contributed by atoms with Crippen LogP contribution in [0.2, 0.25) is 0 Å². The number of thiophene rings is 1. The molecule has 230 valence electrons. The van der Waals surface area contributed by atoms with Crippen molar-refractivity contribution < 1.29 is 67.7 Å². The monoisotopic (exact) mass is 651 g/mol. The molecular weight excluding hydrogens is 632 g/mol. The molecule has 3 atom stereocenters. The van der Waals surface area contributed by atoms with E-state index in [4.69, 9.17) is 4.74 Å². The maximum absolute atomic E-state index is 15.6. The van der Waals surface area contributed by atoms with Crippen molar-refractivity contribution in [3.05, 3.63) is 63.8 Å². The summed E-state index contributed by atoms with van der Waals surface area (Å²) in [5.74, 6) is -19.2. The molecule has 3 rings (SSSR count). The molecule has 42 heavy (non-hydrogen) atoms. The molecule has 1 unspecified atom stereocenters. The van der Waals surface area contributed by atoms with Crippen molar-refractivity contribution in [3.63, 3.8) is 0 Å². The second kappa shape index (κ2) is 13.0. The fourth-order valence-corrected chi connectivity index (χ4v) is 6.10. The van der Waals surface area contributed by atoms with Crippen LogP contribution in [0.25, 0.3) is 10.1 Å².